The van der Waals surface area contributed by atoms with Crippen molar-refractivity contribution in [3.8, 4) is 5.75 Å². The number of hydrogen-bond donors (Lipinski definition) is 0. The monoisotopic (exact) mass is 510 g/mol. The molecule has 186 valence electrons. The lowest BCUT2D eigenvalue weighted by Gasteiger charge is -2.43. The second-order valence-electron chi connectivity index (χ2n) is 9.08. The van der Waals surface area contributed by atoms with Gasteiger partial charge in [-0.1, -0.05) is 54.1 Å². The lowest BCUT2D eigenvalue weighted by molar-refractivity contribution is 0.0965. The van der Waals surface area contributed by atoms with Gasteiger partial charge in [-0.25, -0.2) is 0 Å². The lowest BCUT2D eigenvalue weighted by atomic mass is 9.89. The Kier molecular flexibility index (Phi) is 6.97. The number of para-hydroxylation sites is 2. The molecular formula is C31H27ClN2O3. The molecule has 5 rings (SSSR count). The third-order valence-corrected chi connectivity index (χ3v) is 7.00. The number of amides is 2. The number of fused-ring (bicyclic) bond motifs is 1. The zero-order chi connectivity index (χ0) is 25.9. The average Bonchev–Trinajstić information content (AvgIpc) is 2.94. The number of anilines is 2. The molecule has 0 fully saturated rings. The van der Waals surface area contributed by atoms with Crippen LogP contribution in [0.15, 0.2) is 103 Å². The molecule has 0 saturated carbocycles. The van der Waals surface area contributed by atoms with Crippen LogP contribution in [0.25, 0.3) is 0 Å². The summed E-state index contributed by atoms with van der Waals surface area (Å²) in [5.41, 5.74) is 3.61. The smallest absolute Gasteiger partial charge is 0.258 e. The van der Waals surface area contributed by atoms with Gasteiger partial charge in [-0.15, -0.1) is 0 Å². The molecule has 1 heterocycles. The molecule has 37 heavy (non-hydrogen) atoms. The molecule has 2 atom stereocenters. The van der Waals surface area contributed by atoms with Gasteiger partial charge in [-0.2, -0.15) is 0 Å². The number of rotatable bonds is 5. The van der Waals surface area contributed by atoms with Crippen molar-refractivity contribution in [2.45, 2.75) is 25.4 Å². The maximum Gasteiger partial charge on any atom is 0.258 e. The molecule has 0 N–H and O–H groups in total. The standard InChI is InChI=1S/C31H27ClN2O3/c1-21-19-29(34(25-10-4-3-5-11-25)30(35)22-15-17-24(32)18-16-22)27-13-6-7-14-28(27)33(21)31(36)23-9-8-12-26(20-23)37-2/h3-18,20-21,29H,19H2,1-2H3. The topological polar surface area (TPSA) is 49.9 Å². The fourth-order valence-corrected chi connectivity index (χ4v) is 5.12. The predicted octanol–water partition coefficient (Wildman–Crippen LogP) is 7.18. The van der Waals surface area contributed by atoms with Crippen molar-refractivity contribution in [1.29, 1.82) is 0 Å². The zero-order valence-corrected chi connectivity index (χ0v) is 21.4. The van der Waals surface area contributed by atoms with Gasteiger partial charge in [-0.3, -0.25) is 9.59 Å². The number of halogens is 1. The molecule has 0 radical (unpaired) electrons. The largest absolute Gasteiger partial charge is 0.497 e. The highest BCUT2D eigenvalue weighted by atomic mass is 35.5. The minimum atomic E-state index is -0.272. The van der Waals surface area contributed by atoms with E-state index in [2.05, 4.69) is 0 Å². The minimum absolute atomic E-state index is 0.104. The van der Waals surface area contributed by atoms with Crippen LogP contribution in [0.2, 0.25) is 5.02 Å². The van der Waals surface area contributed by atoms with Crippen LogP contribution >= 0.6 is 11.6 Å². The van der Waals surface area contributed by atoms with Gasteiger partial charge < -0.3 is 14.5 Å². The van der Waals surface area contributed by atoms with E-state index in [1.807, 2.05) is 83.5 Å². The molecule has 5 nitrogen and oxygen atoms in total. The highest BCUT2D eigenvalue weighted by Crippen LogP contribution is 2.43. The normalized spacial score (nSPS) is 16.6. The van der Waals surface area contributed by atoms with Crippen LogP contribution in [0.5, 0.6) is 5.75 Å². The van der Waals surface area contributed by atoms with E-state index in [4.69, 9.17) is 16.3 Å². The van der Waals surface area contributed by atoms with Gasteiger partial charge >= 0.3 is 0 Å². The van der Waals surface area contributed by atoms with E-state index in [9.17, 15) is 9.59 Å². The van der Waals surface area contributed by atoms with Crippen LogP contribution in [0.3, 0.4) is 0 Å². The predicted molar refractivity (Wildman–Crippen MR) is 148 cm³/mol. The molecule has 4 aromatic carbocycles. The first-order valence-corrected chi connectivity index (χ1v) is 12.6. The van der Waals surface area contributed by atoms with E-state index in [0.717, 1.165) is 16.9 Å². The van der Waals surface area contributed by atoms with Gasteiger partial charge in [-0.05, 0) is 79.6 Å². The van der Waals surface area contributed by atoms with Crippen LogP contribution in [0, 0.1) is 0 Å². The number of carbonyl (C=O) groups excluding carboxylic acids is 2. The van der Waals surface area contributed by atoms with Crippen molar-refractivity contribution >= 4 is 34.8 Å². The van der Waals surface area contributed by atoms with Crippen molar-refractivity contribution in [1.82, 2.24) is 0 Å². The number of nitrogens with zero attached hydrogens (tertiary/aromatic N) is 2. The summed E-state index contributed by atoms with van der Waals surface area (Å²) >= 11 is 6.09. The van der Waals surface area contributed by atoms with Gasteiger partial charge in [0.05, 0.1) is 13.2 Å². The van der Waals surface area contributed by atoms with E-state index >= 15 is 0 Å². The number of ether oxygens (including phenoxy) is 1. The Morgan fingerprint density at radius 1 is 0.865 bits per heavy atom. The SMILES string of the molecule is COc1cccc(C(=O)N2c3ccccc3C(N(C(=O)c3ccc(Cl)cc3)c3ccccc3)CC2C)c1. The van der Waals surface area contributed by atoms with Crippen molar-refractivity contribution in [2.75, 3.05) is 16.9 Å². The van der Waals surface area contributed by atoms with Crippen LogP contribution in [0.1, 0.15) is 45.7 Å². The molecule has 0 saturated heterocycles. The number of benzene rings is 4. The number of hydrogen-bond acceptors (Lipinski definition) is 3. The summed E-state index contributed by atoms with van der Waals surface area (Å²) in [6.45, 7) is 2.02. The van der Waals surface area contributed by atoms with Gasteiger partial charge in [0.25, 0.3) is 11.8 Å². The first-order chi connectivity index (χ1) is 18.0. The van der Waals surface area contributed by atoms with Crippen molar-refractivity contribution in [3.05, 3.63) is 125 Å². The van der Waals surface area contributed by atoms with E-state index in [1.165, 1.54) is 0 Å². The van der Waals surface area contributed by atoms with E-state index in [-0.39, 0.29) is 23.9 Å². The Labute approximate surface area is 221 Å². The van der Waals surface area contributed by atoms with Crippen LogP contribution in [-0.4, -0.2) is 25.0 Å². The summed E-state index contributed by atoms with van der Waals surface area (Å²) in [5.74, 6) is 0.403. The van der Waals surface area contributed by atoms with Crippen LogP contribution < -0.4 is 14.5 Å². The molecule has 0 bridgehead atoms. The quantitative estimate of drug-likeness (QED) is 0.286. The fraction of sp³-hybridized carbons (Fsp3) is 0.161. The Morgan fingerprint density at radius 2 is 1.57 bits per heavy atom. The minimum Gasteiger partial charge on any atom is -0.497 e. The molecule has 0 aliphatic carbocycles. The summed E-state index contributed by atoms with van der Waals surface area (Å²) < 4.78 is 5.34. The summed E-state index contributed by atoms with van der Waals surface area (Å²) in [5, 5.41) is 0.575. The summed E-state index contributed by atoms with van der Waals surface area (Å²) in [6, 6.07) is 31.2. The molecular weight excluding hydrogens is 484 g/mol. The maximum atomic E-state index is 14.0. The molecule has 4 aromatic rings. The maximum absolute atomic E-state index is 14.0. The molecule has 1 aliphatic heterocycles. The molecule has 6 heteroatoms. The molecule has 2 amide bonds. The first kappa shape index (κ1) is 24.6. The molecule has 0 spiro atoms. The van der Waals surface area contributed by atoms with Crippen molar-refractivity contribution in [2.24, 2.45) is 0 Å². The van der Waals surface area contributed by atoms with Gasteiger partial charge in [0, 0.05) is 33.6 Å². The second kappa shape index (κ2) is 10.5. The Balaban J connectivity index is 1.59. The van der Waals surface area contributed by atoms with Crippen LogP contribution in [-0.2, 0) is 0 Å². The lowest BCUT2D eigenvalue weighted by Crippen LogP contribution is -2.47. The van der Waals surface area contributed by atoms with E-state index < -0.39 is 0 Å². The van der Waals surface area contributed by atoms with Gasteiger partial charge in [0.1, 0.15) is 5.75 Å². The van der Waals surface area contributed by atoms with E-state index in [1.54, 1.807) is 43.5 Å². The Hall–Kier alpha value is -4.09. The highest BCUT2D eigenvalue weighted by Gasteiger charge is 2.39. The number of methoxy groups -OCH3 is 1. The van der Waals surface area contributed by atoms with Gasteiger partial charge in [0.2, 0.25) is 0 Å². The van der Waals surface area contributed by atoms with Gasteiger partial charge in [0.15, 0.2) is 0 Å². The Bertz CT molecular complexity index is 1420. The Morgan fingerprint density at radius 3 is 2.30 bits per heavy atom. The third kappa shape index (κ3) is 4.83. The first-order valence-electron chi connectivity index (χ1n) is 12.2. The molecule has 0 aromatic heterocycles. The highest BCUT2D eigenvalue weighted by molar-refractivity contribution is 6.30. The average molecular weight is 511 g/mol. The summed E-state index contributed by atoms with van der Waals surface area (Å²) in [4.78, 5) is 31.4. The fourth-order valence-electron chi connectivity index (χ4n) is 4.99. The number of carbonyl (C=O) groups is 2. The summed E-state index contributed by atoms with van der Waals surface area (Å²) in [6.07, 6.45) is 0.570. The zero-order valence-electron chi connectivity index (χ0n) is 20.7. The summed E-state index contributed by atoms with van der Waals surface area (Å²) in [7, 11) is 1.59. The van der Waals surface area contributed by atoms with Crippen LogP contribution in [0.4, 0.5) is 11.4 Å². The molecule has 2 unspecified atom stereocenters. The molecule has 1 aliphatic rings. The van der Waals surface area contributed by atoms with Crippen molar-refractivity contribution in [3.63, 3.8) is 0 Å². The second-order valence-corrected chi connectivity index (χ2v) is 9.52. The van der Waals surface area contributed by atoms with E-state index in [0.29, 0.717) is 28.3 Å². The third-order valence-electron chi connectivity index (χ3n) is 6.75. The van der Waals surface area contributed by atoms with Crippen molar-refractivity contribution < 1.29 is 14.3 Å².